The first-order valence-electron chi connectivity index (χ1n) is 5.79. The van der Waals surface area contributed by atoms with Crippen molar-refractivity contribution in [2.75, 3.05) is 7.11 Å². The second-order valence-corrected chi connectivity index (χ2v) is 4.69. The van der Waals surface area contributed by atoms with Crippen molar-refractivity contribution in [2.24, 2.45) is 0 Å². The van der Waals surface area contributed by atoms with Gasteiger partial charge in [-0.1, -0.05) is 13.3 Å². The van der Waals surface area contributed by atoms with Crippen LogP contribution in [0.4, 0.5) is 0 Å². The number of hydrogen-bond acceptors (Lipinski definition) is 6. The van der Waals surface area contributed by atoms with E-state index in [0.717, 1.165) is 12.8 Å². The highest BCUT2D eigenvalue weighted by molar-refractivity contribution is 7.09. The number of ether oxygens (including phenoxy) is 2. The van der Waals surface area contributed by atoms with Crippen molar-refractivity contribution in [3.8, 4) is 0 Å². The average molecular weight is 271 g/mol. The molecule has 0 aromatic carbocycles. The van der Waals surface area contributed by atoms with Crippen LogP contribution in [0.2, 0.25) is 0 Å². The summed E-state index contributed by atoms with van der Waals surface area (Å²) in [6.07, 6.45) is 2.29. The van der Waals surface area contributed by atoms with Gasteiger partial charge in [0.05, 0.1) is 7.11 Å². The van der Waals surface area contributed by atoms with Gasteiger partial charge in [0.25, 0.3) is 0 Å². The predicted molar refractivity (Wildman–Crippen MR) is 67.5 cm³/mol. The Morgan fingerprint density at radius 3 is 2.78 bits per heavy atom. The summed E-state index contributed by atoms with van der Waals surface area (Å²) in [5.41, 5.74) is 0.256. The number of esters is 2. The van der Waals surface area contributed by atoms with E-state index in [9.17, 15) is 9.59 Å². The van der Waals surface area contributed by atoms with Crippen molar-refractivity contribution in [1.29, 1.82) is 0 Å². The number of methoxy groups -OCH3 is 1. The molecule has 1 aromatic heterocycles. The van der Waals surface area contributed by atoms with Gasteiger partial charge in [-0.2, -0.15) is 0 Å². The fraction of sp³-hybridized carbons (Fsp3) is 0.583. The maximum Gasteiger partial charge on any atom is 0.357 e. The van der Waals surface area contributed by atoms with Crippen LogP contribution in [0.25, 0.3) is 0 Å². The standard InChI is InChI=1S/C12H17NO4S/c1-4-5-6-10(17-8(2)14)11-13-9(7-18-11)12(15)16-3/h7,10H,4-6H2,1-3H3. The third kappa shape index (κ3) is 4.10. The molecule has 18 heavy (non-hydrogen) atoms. The predicted octanol–water partition coefficient (Wildman–Crippen LogP) is 2.72. The van der Waals surface area contributed by atoms with Gasteiger partial charge in [-0.15, -0.1) is 11.3 Å². The second-order valence-electron chi connectivity index (χ2n) is 3.80. The molecule has 0 aliphatic heterocycles. The van der Waals surface area contributed by atoms with Crippen LogP contribution in [0, 0.1) is 0 Å². The van der Waals surface area contributed by atoms with Crippen molar-refractivity contribution in [3.05, 3.63) is 16.1 Å². The molecule has 1 heterocycles. The van der Waals surface area contributed by atoms with Crippen molar-refractivity contribution in [2.45, 2.75) is 39.2 Å². The summed E-state index contributed by atoms with van der Waals surface area (Å²) < 4.78 is 9.81. The van der Waals surface area contributed by atoms with Gasteiger partial charge in [-0.05, 0) is 12.8 Å². The van der Waals surface area contributed by atoms with Crippen LogP contribution < -0.4 is 0 Å². The van der Waals surface area contributed by atoms with E-state index < -0.39 is 5.97 Å². The van der Waals surface area contributed by atoms with E-state index in [1.54, 1.807) is 5.38 Å². The first-order chi connectivity index (χ1) is 8.58. The van der Waals surface area contributed by atoms with Crippen LogP contribution in [-0.2, 0) is 14.3 Å². The minimum atomic E-state index is -0.477. The lowest BCUT2D eigenvalue weighted by molar-refractivity contribution is -0.147. The molecule has 0 aliphatic rings. The van der Waals surface area contributed by atoms with Gasteiger partial charge in [0, 0.05) is 12.3 Å². The number of hydrogen-bond donors (Lipinski definition) is 0. The molecule has 0 spiro atoms. The third-order valence-electron chi connectivity index (χ3n) is 2.32. The molecule has 1 aromatic rings. The molecule has 0 saturated heterocycles. The summed E-state index contributed by atoms with van der Waals surface area (Å²) in [5, 5.41) is 2.25. The third-order valence-corrected chi connectivity index (χ3v) is 3.26. The number of rotatable bonds is 6. The zero-order valence-electron chi connectivity index (χ0n) is 10.8. The van der Waals surface area contributed by atoms with Crippen molar-refractivity contribution in [3.63, 3.8) is 0 Å². The molecule has 0 aliphatic carbocycles. The smallest absolute Gasteiger partial charge is 0.357 e. The van der Waals surface area contributed by atoms with E-state index in [1.807, 2.05) is 0 Å². The molecule has 6 heteroatoms. The van der Waals surface area contributed by atoms with Crippen LogP contribution in [0.15, 0.2) is 5.38 Å². The van der Waals surface area contributed by atoms with E-state index in [1.165, 1.54) is 25.4 Å². The fourth-order valence-electron chi connectivity index (χ4n) is 1.46. The van der Waals surface area contributed by atoms with Crippen molar-refractivity contribution >= 4 is 23.3 Å². The molecular formula is C12H17NO4S. The molecule has 0 fully saturated rings. The van der Waals surface area contributed by atoms with Crippen LogP contribution in [0.5, 0.6) is 0 Å². The van der Waals surface area contributed by atoms with Crippen LogP contribution in [-0.4, -0.2) is 24.0 Å². The molecule has 100 valence electrons. The molecular weight excluding hydrogens is 254 g/mol. The van der Waals surface area contributed by atoms with Crippen LogP contribution in [0.1, 0.15) is 54.7 Å². The molecule has 0 bridgehead atoms. The fourth-order valence-corrected chi connectivity index (χ4v) is 2.31. The number of carbonyl (C=O) groups is 2. The summed E-state index contributed by atoms with van der Waals surface area (Å²) in [6, 6.07) is 0. The lowest BCUT2D eigenvalue weighted by Crippen LogP contribution is -2.09. The normalized spacial score (nSPS) is 11.9. The molecule has 1 atom stereocenters. The molecule has 0 saturated carbocycles. The van der Waals surface area contributed by atoms with E-state index in [-0.39, 0.29) is 17.8 Å². The number of carbonyl (C=O) groups excluding carboxylic acids is 2. The summed E-state index contributed by atoms with van der Waals surface area (Å²) in [7, 11) is 1.31. The Morgan fingerprint density at radius 2 is 2.22 bits per heavy atom. The topological polar surface area (TPSA) is 65.5 Å². The average Bonchev–Trinajstić information content (AvgIpc) is 2.82. The maximum absolute atomic E-state index is 11.3. The van der Waals surface area contributed by atoms with Gasteiger partial charge in [0.15, 0.2) is 11.8 Å². The SMILES string of the molecule is CCCCC(OC(C)=O)c1nc(C(=O)OC)cs1. The Kier molecular flexibility index (Phi) is 5.77. The Balaban J connectivity index is 2.80. The zero-order valence-corrected chi connectivity index (χ0v) is 11.6. The number of unbranched alkanes of at least 4 members (excludes halogenated alkanes) is 1. The Morgan fingerprint density at radius 1 is 1.50 bits per heavy atom. The Bertz CT molecular complexity index is 416. The molecule has 0 radical (unpaired) electrons. The van der Waals surface area contributed by atoms with Crippen molar-refractivity contribution in [1.82, 2.24) is 4.98 Å². The van der Waals surface area contributed by atoms with Crippen LogP contribution in [0.3, 0.4) is 0 Å². The largest absolute Gasteiger partial charge is 0.464 e. The molecule has 5 nitrogen and oxygen atoms in total. The van der Waals surface area contributed by atoms with Gasteiger partial charge in [-0.3, -0.25) is 4.79 Å². The second kappa shape index (κ2) is 7.10. The molecule has 1 unspecified atom stereocenters. The molecule has 1 rings (SSSR count). The minimum absolute atomic E-state index is 0.256. The van der Waals surface area contributed by atoms with Gasteiger partial charge in [-0.25, -0.2) is 9.78 Å². The van der Waals surface area contributed by atoms with E-state index in [2.05, 4.69) is 16.6 Å². The molecule has 0 N–H and O–H groups in total. The minimum Gasteiger partial charge on any atom is -0.464 e. The summed E-state index contributed by atoms with van der Waals surface area (Å²) in [4.78, 5) is 26.5. The van der Waals surface area contributed by atoms with Crippen molar-refractivity contribution < 1.29 is 19.1 Å². The van der Waals surface area contributed by atoms with E-state index in [0.29, 0.717) is 11.4 Å². The lowest BCUT2D eigenvalue weighted by Gasteiger charge is -2.13. The summed E-state index contributed by atoms with van der Waals surface area (Å²) in [6.45, 7) is 3.43. The first kappa shape index (κ1) is 14.6. The van der Waals surface area contributed by atoms with Gasteiger partial charge < -0.3 is 9.47 Å². The maximum atomic E-state index is 11.3. The highest BCUT2D eigenvalue weighted by Crippen LogP contribution is 2.27. The van der Waals surface area contributed by atoms with Crippen LogP contribution >= 0.6 is 11.3 Å². The summed E-state index contributed by atoms with van der Waals surface area (Å²) >= 11 is 1.30. The zero-order chi connectivity index (χ0) is 13.5. The number of thiazole rings is 1. The number of nitrogens with zero attached hydrogens (tertiary/aromatic N) is 1. The lowest BCUT2D eigenvalue weighted by atomic mass is 10.2. The molecule has 0 amide bonds. The van der Waals surface area contributed by atoms with Gasteiger partial charge >= 0.3 is 11.9 Å². The summed E-state index contributed by atoms with van der Waals surface area (Å²) in [5.74, 6) is -0.819. The van der Waals surface area contributed by atoms with Gasteiger partial charge in [0.1, 0.15) is 5.01 Å². The van der Waals surface area contributed by atoms with E-state index in [4.69, 9.17) is 4.74 Å². The highest BCUT2D eigenvalue weighted by Gasteiger charge is 2.20. The Hall–Kier alpha value is -1.43. The first-order valence-corrected chi connectivity index (χ1v) is 6.67. The highest BCUT2D eigenvalue weighted by atomic mass is 32.1. The van der Waals surface area contributed by atoms with Gasteiger partial charge in [0.2, 0.25) is 0 Å². The Labute approximate surface area is 110 Å². The number of aromatic nitrogens is 1. The van der Waals surface area contributed by atoms with E-state index >= 15 is 0 Å². The monoisotopic (exact) mass is 271 g/mol. The quantitative estimate of drug-likeness (QED) is 0.744.